The molecule has 1 aliphatic rings. The van der Waals surface area contributed by atoms with Gasteiger partial charge in [0.05, 0.1) is 5.69 Å². The maximum absolute atomic E-state index is 4.28. The van der Waals surface area contributed by atoms with Gasteiger partial charge in [0.25, 0.3) is 0 Å². The summed E-state index contributed by atoms with van der Waals surface area (Å²) in [7, 11) is 0. The van der Waals surface area contributed by atoms with E-state index < -0.39 is 0 Å². The summed E-state index contributed by atoms with van der Waals surface area (Å²) in [5.74, 6) is 0. The molecule has 3 heteroatoms. The monoisotopic (exact) mass is 416 g/mol. The van der Waals surface area contributed by atoms with Gasteiger partial charge in [-0.2, -0.15) is 0 Å². The molecule has 1 heterocycles. The van der Waals surface area contributed by atoms with Gasteiger partial charge >= 0.3 is 0 Å². The Morgan fingerprint density at radius 1 is 0.767 bits per heavy atom. The summed E-state index contributed by atoms with van der Waals surface area (Å²) in [5.41, 5.74) is 5.60. The fourth-order valence-corrected chi connectivity index (χ4v) is 4.55. The van der Waals surface area contributed by atoms with E-state index in [1.54, 1.807) is 0 Å². The SMILES string of the molecule is C=C(Nc1ccccc1SN1CCCCC1)c1ccc(-c2ccccc2)cc1.CC. The van der Waals surface area contributed by atoms with Crippen LogP contribution in [0.2, 0.25) is 0 Å². The first-order valence-electron chi connectivity index (χ1n) is 10.9. The van der Waals surface area contributed by atoms with Gasteiger partial charge in [0.1, 0.15) is 0 Å². The van der Waals surface area contributed by atoms with Crippen LogP contribution in [0.3, 0.4) is 0 Å². The van der Waals surface area contributed by atoms with Gasteiger partial charge in [-0.15, -0.1) is 0 Å². The number of anilines is 1. The van der Waals surface area contributed by atoms with E-state index in [9.17, 15) is 0 Å². The Kier molecular flexibility index (Phi) is 8.61. The van der Waals surface area contributed by atoms with Crippen molar-refractivity contribution in [3.05, 3.63) is 91.0 Å². The molecule has 3 aromatic carbocycles. The zero-order chi connectivity index (χ0) is 21.2. The molecule has 4 rings (SSSR count). The molecule has 0 aromatic heterocycles. The first kappa shape index (κ1) is 22.2. The van der Waals surface area contributed by atoms with Gasteiger partial charge in [-0.25, -0.2) is 4.31 Å². The number of hydrogen-bond acceptors (Lipinski definition) is 3. The van der Waals surface area contributed by atoms with Gasteiger partial charge in [0.15, 0.2) is 0 Å². The first-order valence-corrected chi connectivity index (χ1v) is 11.7. The molecule has 3 aromatic rings. The van der Waals surface area contributed by atoms with Crippen molar-refractivity contribution < 1.29 is 0 Å². The van der Waals surface area contributed by atoms with Crippen molar-refractivity contribution >= 4 is 23.3 Å². The summed E-state index contributed by atoms with van der Waals surface area (Å²) in [4.78, 5) is 1.26. The van der Waals surface area contributed by atoms with E-state index in [2.05, 4.69) is 89.0 Å². The van der Waals surface area contributed by atoms with Crippen LogP contribution in [0.1, 0.15) is 38.7 Å². The molecule has 0 saturated carbocycles. The lowest BCUT2D eigenvalue weighted by Gasteiger charge is -2.26. The van der Waals surface area contributed by atoms with E-state index in [0.717, 1.165) is 16.9 Å². The van der Waals surface area contributed by atoms with E-state index in [0.29, 0.717) is 0 Å². The average Bonchev–Trinajstić information content (AvgIpc) is 2.83. The van der Waals surface area contributed by atoms with Crippen LogP contribution in [0.15, 0.2) is 90.3 Å². The largest absolute Gasteiger partial charge is 0.355 e. The summed E-state index contributed by atoms with van der Waals surface area (Å²) in [6, 6.07) is 27.6. The smallest absolute Gasteiger partial charge is 0.0535 e. The maximum atomic E-state index is 4.28. The zero-order valence-corrected chi connectivity index (χ0v) is 18.9. The number of rotatable bonds is 6. The molecular weight excluding hydrogens is 384 g/mol. The van der Waals surface area contributed by atoms with Crippen LogP contribution < -0.4 is 5.32 Å². The molecular formula is C27H32N2S. The number of para-hydroxylation sites is 1. The quantitative estimate of drug-likeness (QED) is 0.410. The molecule has 1 fully saturated rings. The third-order valence-electron chi connectivity index (χ3n) is 5.06. The third kappa shape index (κ3) is 6.01. The van der Waals surface area contributed by atoms with Gasteiger partial charge in [-0.3, -0.25) is 0 Å². The van der Waals surface area contributed by atoms with E-state index in [1.807, 2.05) is 31.9 Å². The fraction of sp³-hybridized carbons (Fsp3) is 0.259. The van der Waals surface area contributed by atoms with E-state index in [-0.39, 0.29) is 0 Å². The molecule has 30 heavy (non-hydrogen) atoms. The summed E-state index contributed by atoms with van der Waals surface area (Å²) in [6.45, 7) is 10.6. The number of hydrogen-bond donors (Lipinski definition) is 1. The molecule has 0 atom stereocenters. The van der Waals surface area contributed by atoms with Crippen molar-refractivity contribution in [2.45, 2.75) is 38.0 Å². The normalized spacial score (nSPS) is 13.8. The lowest BCUT2D eigenvalue weighted by molar-refractivity contribution is 0.380. The Balaban J connectivity index is 0.00000124. The number of nitrogens with zero attached hydrogens (tertiary/aromatic N) is 1. The molecule has 1 N–H and O–H groups in total. The Morgan fingerprint density at radius 2 is 1.37 bits per heavy atom. The summed E-state index contributed by atoms with van der Waals surface area (Å²) in [5, 5.41) is 3.53. The van der Waals surface area contributed by atoms with Gasteiger partial charge in [-0.1, -0.05) is 93.6 Å². The molecule has 0 bridgehead atoms. The molecule has 156 valence electrons. The van der Waals surface area contributed by atoms with Crippen LogP contribution in [0.4, 0.5) is 5.69 Å². The van der Waals surface area contributed by atoms with Crippen LogP contribution in [0, 0.1) is 0 Å². The first-order chi connectivity index (χ1) is 14.8. The van der Waals surface area contributed by atoms with Crippen molar-refractivity contribution in [1.82, 2.24) is 4.31 Å². The van der Waals surface area contributed by atoms with E-state index >= 15 is 0 Å². The molecule has 1 saturated heterocycles. The van der Waals surface area contributed by atoms with Gasteiger partial charge in [-0.05, 0) is 53.6 Å². The highest BCUT2D eigenvalue weighted by atomic mass is 32.2. The molecule has 0 radical (unpaired) electrons. The van der Waals surface area contributed by atoms with Crippen LogP contribution in [-0.2, 0) is 0 Å². The molecule has 0 spiro atoms. The third-order valence-corrected chi connectivity index (χ3v) is 6.23. The molecule has 0 amide bonds. The standard InChI is InChI=1S/C25H26N2S.C2H6/c1-20(21-14-16-23(17-15-21)22-10-4-2-5-11-22)26-24-12-6-7-13-25(24)28-27-18-8-3-9-19-27;1-2/h2,4-7,10-17,26H,1,3,8-9,18-19H2;1-2H3. The van der Waals surface area contributed by atoms with Gasteiger partial charge in [0.2, 0.25) is 0 Å². The van der Waals surface area contributed by atoms with Crippen LogP contribution in [0.25, 0.3) is 16.8 Å². The fourth-order valence-electron chi connectivity index (χ4n) is 3.47. The van der Waals surface area contributed by atoms with Crippen LogP contribution in [-0.4, -0.2) is 17.4 Å². The lowest BCUT2D eigenvalue weighted by Crippen LogP contribution is -2.22. The highest BCUT2D eigenvalue weighted by Crippen LogP contribution is 2.33. The Hall–Kier alpha value is -2.49. The zero-order valence-electron chi connectivity index (χ0n) is 18.1. The van der Waals surface area contributed by atoms with Gasteiger partial charge < -0.3 is 5.32 Å². The number of benzene rings is 3. The van der Waals surface area contributed by atoms with Crippen LogP contribution >= 0.6 is 11.9 Å². The maximum Gasteiger partial charge on any atom is 0.0535 e. The Bertz CT molecular complexity index is 913. The second-order valence-corrected chi connectivity index (χ2v) is 8.26. The van der Waals surface area contributed by atoms with Crippen molar-refractivity contribution in [2.24, 2.45) is 0 Å². The van der Waals surface area contributed by atoms with Crippen molar-refractivity contribution in [2.75, 3.05) is 18.4 Å². The van der Waals surface area contributed by atoms with Crippen molar-refractivity contribution in [3.8, 4) is 11.1 Å². The Morgan fingerprint density at radius 3 is 2.07 bits per heavy atom. The molecule has 2 nitrogen and oxygen atoms in total. The number of piperidine rings is 1. The molecule has 0 aliphatic carbocycles. The summed E-state index contributed by atoms with van der Waals surface area (Å²) >= 11 is 1.86. The number of nitrogens with one attached hydrogen (secondary N) is 1. The second kappa shape index (κ2) is 11.6. The minimum atomic E-state index is 0.923. The topological polar surface area (TPSA) is 15.3 Å². The van der Waals surface area contributed by atoms with Gasteiger partial charge in [0, 0.05) is 23.7 Å². The predicted octanol–water partition coefficient (Wildman–Crippen LogP) is 7.96. The minimum absolute atomic E-state index is 0.923. The highest BCUT2D eigenvalue weighted by molar-refractivity contribution is 7.97. The predicted molar refractivity (Wildman–Crippen MR) is 134 cm³/mol. The van der Waals surface area contributed by atoms with Crippen molar-refractivity contribution in [3.63, 3.8) is 0 Å². The summed E-state index contributed by atoms with van der Waals surface area (Å²) < 4.78 is 2.47. The molecule has 0 unspecified atom stereocenters. The van der Waals surface area contributed by atoms with E-state index in [4.69, 9.17) is 0 Å². The summed E-state index contributed by atoms with van der Waals surface area (Å²) in [6.07, 6.45) is 3.94. The van der Waals surface area contributed by atoms with E-state index in [1.165, 1.54) is 48.4 Å². The Labute approximate surface area is 186 Å². The van der Waals surface area contributed by atoms with Crippen LogP contribution in [0.5, 0.6) is 0 Å². The second-order valence-electron chi connectivity index (χ2n) is 7.12. The molecule has 1 aliphatic heterocycles. The lowest BCUT2D eigenvalue weighted by atomic mass is 10.0. The highest BCUT2D eigenvalue weighted by Gasteiger charge is 2.14. The minimum Gasteiger partial charge on any atom is -0.355 e. The van der Waals surface area contributed by atoms with Crippen molar-refractivity contribution in [1.29, 1.82) is 0 Å². The average molecular weight is 417 g/mol.